The number of unbranched alkanes of at least 4 members (excludes halogenated alkanes) is 1. The van der Waals surface area contributed by atoms with Crippen molar-refractivity contribution >= 4 is 22.7 Å². The molecule has 0 N–H and O–H groups in total. The predicted octanol–water partition coefficient (Wildman–Crippen LogP) is 4.85. The maximum Gasteiger partial charge on any atom is 0.0700 e. The van der Waals surface area contributed by atoms with Crippen molar-refractivity contribution < 1.29 is 9.47 Å². The molecule has 0 amide bonds. The van der Waals surface area contributed by atoms with E-state index in [1.807, 2.05) is 11.3 Å². The van der Waals surface area contributed by atoms with Gasteiger partial charge in [-0.2, -0.15) is 0 Å². The Morgan fingerprint density at radius 1 is 0.950 bits per heavy atom. The van der Waals surface area contributed by atoms with Crippen LogP contribution in [0.25, 0.3) is 9.75 Å². The summed E-state index contributed by atoms with van der Waals surface area (Å²) in [5, 5.41) is 2.12. The lowest BCUT2D eigenvalue weighted by atomic mass is 10.3. The van der Waals surface area contributed by atoms with Crippen LogP contribution in [0.15, 0.2) is 29.6 Å². The van der Waals surface area contributed by atoms with Crippen molar-refractivity contribution in [2.45, 2.75) is 26.2 Å². The molecule has 4 heteroatoms. The van der Waals surface area contributed by atoms with Crippen LogP contribution in [0, 0.1) is 0 Å². The van der Waals surface area contributed by atoms with Gasteiger partial charge >= 0.3 is 0 Å². The van der Waals surface area contributed by atoms with Crippen LogP contribution in [-0.4, -0.2) is 26.4 Å². The van der Waals surface area contributed by atoms with E-state index in [0.717, 1.165) is 26.1 Å². The van der Waals surface area contributed by atoms with E-state index in [1.54, 1.807) is 11.3 Å². The van der Waals surface area contributed by atoms with Gasteiger partial charge in [-0.15, -0.1) is 22.7 Å². The van der Waals surface area contributed by atoms with Crippen molar-refractivity contribution in [1.29, 1.82) is 0 Å². The highest BCUT2D eigenvalue weighted by Crippen LogP contribution is 2.31. The topological polar surface area (TPSA) is 18.5 Å². The molecule has 2 aromatic heterocycles. The molecular formula is C16H22O2S2. The van der Waals surface area contributed by atoms with Crippen molar-refractivity contribution in [2.24, 2.45) is 0 Å². The molecule has 0 saturated heterocycles. The molecule has 2 heterocycles. The van der Waals surface area contributed by atoms with E-state index >= 15 is 0 Å². The van der Waals surface area contributed by atoms with Gasteiger partial charge in [-0.25, -0.2) is 0 Å². The summed E-state index contributed by atoms with van der Waals surface area (Å²) in [4.78, 5) is 4.10. The smallest absolute Gasteiger partial charge is 0.0700 e. The SMILES string of the molecule is CCCCOCCOCCc1ccc(-c2cccs2)s1. The Balaban J connectivity index is 1.58. The lowest BCUT2D eigenvalue weighted by Gasteiger charge is -2.04. The molecule has 0 atom stereocenters. The lowest BCUT2D eigenvalue weighted by molar-refractivity contribution is 0.0480. The van der Waals surface area contributed by atoms with E-state index in [2.05, 4.69) is 36.6 Å². The molecule has 0 fully saturated rings. The standard InChI is InChI=1S/C16H22O2S2/c1-2-3-9-17-11-12-18-10-8-14-6-7-16(20-14)15-5-4-13-19-15/h4-7,13H,2-3,8-12H2,1H3. The Kier molecular flexibility index (Phi) is 7.30. The third-order valence-corrected chi connectivity index (χ3v) is 5.14. The van der Waals surface area contributed by atoms with Gasteiger partial charge in [-0.1, -0.05) is 19.4 Å². The molecule has 0 aliphatic rings. The predicted molar refractivity (Wildman–Crippen MR) is 87.9 cm³/mol. The van der Waals surface area contributed by atoms with E-state index in [9.17, 15) is 0 Å². The first-order valence-corrected chi connectivity index (χ1v) is 8.88. The molecule has 2 aromatic rings. The Morgan fingerprint density at radius 2 is 1.80 bits per heavy atom. The van der Waals surface area contributed by atoms with E-state index < -0.39 is 0 Å². The Morgan fingerprint density at radius 3 is 2.55 bits per heavy atom. The fraction of sp³-hybridized carbons (Fsp3) is 0.500. The van der Waals surface area contributed by atoms with Gasteiger partial charge in [0.1, 0.15) is 0 Å². The highest BCUT2D eigenvalue weighted by atomic mass is 32.1. The first-order valence-electron chi connectivity index (χ1n) is 7.18. The minimum atomic E-state index is 0.701. The summed E-state index contributed by atoms with van der Waals surface area (Å²) in [6.07, 6.45) is 3.32. The molecule has 0 aliphatic carbocycles. The van der Waals surface area contributed by atoms with Gasteiger partial charge in [0.05, 0.1) is 19.8 Å². The van der Waals surface area contributed by atoms with E-state index in [0.29, 0.717) is 13.2 Å². The second-order valence-electron chi connectivity index (χ2n) is 4.57. The first-order chi connectivity index (χ1) is 9.90. The molecule has 110 valence electrons. The zero-order valence-electron chi connectivity index (χ0n) is 12.0. The van der Waals surface area contributed by atoms with Crippen LogP contribution in [0.2, 0.25) is 0 Å². The van der Waals surface area contributed by atoms with Gasteiger partial charge in [0, 0.05) is 27.7 Å². The molecule has 0 aromatic carbocycles. The van der Waals surface area contributed by atoms with Crippen LogP contribution in [-0.2, 0) is 15.9 Å². The van der Waals surface area contributed by atoms with Crippen LogP contribution < -0.4 is 0 Å². The summed E-state index contributed by atoms with van der Waals surface area (Å²) >= 11 is 3.66. The molecule has 0 bridgehead atoms. The zero-order chi connectivity index (χ0) is 14.0. The number of hydrogen-bond acceptors (Lipinski definition) is 4. The lowest BCUT2D eigenvalue weighted by Crippen LogP contribution is -2.07. The minimum absolute atomic E-state index is 0.701. The Labute approximate surface area is 129 Å². The molecule has 2 nitrogen and oxygen atoms in total. The zero-order valence-corrected chi connectivity index (χ0v) is 13.6. The number of hydrogen-bond donors (Lipinski definition) is 0. The summed E-state index contributed by atoms with van der Waals surface area (Å²) in [5.74, 6) is 0. The van der Waals surface area contributed by atoms with Crippen LogP contribution in [0.1, 0.15) is 24.6 Å². The van der Waals surface area contributed by atoms with Gasteiger partial charge in [0.15, 0.2) is 0 Å². The average molecular weight is 310 g/mol. The van der Waals surface area contributed by atoms with Crippen molar-refractivity contribution in [3.63, 3.8) is 0 Å². The second-order valence-corrected chi connectivity index (χ2v) is 6.69. The normalized spacial score (nSPS) is 11.1. The largest absolute Gasteiger partial charge is 0.379 e. The third-order valence-electron chi connectivity index (χ3n) is 2.93. The van der Waals surface area contributed by atoms with Crippen molar-refractivity contribution in [1.82, 2.24) is 0 Å². The average Bonchev–Trinajstić information content (AvgIpc) is 3.12. The first kappa shape index (κ1) is 15.7. The Hall–Kier alpha value is -0.680. The fourth-order valence-corrected chi connectivity index (χ4v) is 3.63. The number of ether oxygens (including phenoxy) is 2. The molecule has 0 saturated carbocycles. The quantitative estimate of drug-likeness (QED) is 0.584. The summed E-state index contributed by atoms with van der Waals surface area (Å²) < 4.78 is 11.1. The molecule has 0 spiro atoms. The van der Waals surface area contributed by atoms with Crippen molar-refractivity contribution in [3.8, 4) is 9.75 Å². The Bertz CT molecular complexity index is 463. The van der Waals surface area contributed by atoms with Gasteiger partial charge in [-0.05, 0) is 30.0 Å². The van der Waals surface area contributed by atoms with Gasteiger partial charge in [-0.3, -0.25) is 0 Å². The summed E-state index contributed by atoms with van der Waals surface area (Å²) in [6.45, 7) is 5.22. The van der Waals surface area contributed by atoms with Crippen LogP contribution in [0.4, 0.5) is 0 Å². The maximum absolute atomic E-state index is 5.60. The van der Waals surface area contributed by atoms with Gasteiger partial charge < -0.3 is 9.47 Å². The minimum Gasteiger partial charge on any atom is -0.379 e. The number of thiophene rings is 2. The summed E-state index contributed by atoms with van der Waals surface area (Å²) in [5.41, 5.74) is 0. The van der Waals surface area contributed by atoms with Crippen molar-refractivity contribution in [2.75, 3.05) is 26.4 Å². The van der Waals surface area contributed by atoms with Gasteiger partial charge in [0.2, 0.25) is 0 Å². The number of rotatable bonds is 10. The highest BCUT2D eigenvalue weighted by Gasteiger charge is 2.03. The summed E-state index contributed by atoms with van der Waals surface area (Å²) in [6, 6.07) is 8.69. The third kappa shape index (κ3) is 5.37. The molecular weight excluding hydrogens is 288 g/mol. The van der Waals surface area contributed by atoms with Crippen molar-refractivity contribution in [3.05, 3.63) is 34.5 Å². The van der Waals surface area contributed by atoms with E-state index in [1.165, 1.54) is 21.1 Å². The molecule has 0 radical (unpaired) electrons. The van der Waals surface area contributed by atoms with E-state index in [-0.39, 0.29) is 0 Å². The molecule has 0 unspecified atom stereocenters. The summed E-state index contributed by atoms with van der Waals surface area (Å²) in [7, 11) is 0. The second kappa shape index (κ2) is 9.29. The van der Waals surface area contributed by atoms with Crippen LogP contribution >= 0.6 is 22.7 Å². The monoisotopic (exact) mass is 310 g/mol. The van der Waals surface area contributed by atoms with Gasteiger partial charge in [0.25, 0.3) is 0 Å². The molecule has 0 aliphatic heterocycles. The maximum atomic E-state index is 5.60. The van der Waals surface area contributed by atoms with Crippen LogP contribution in [0.3, 0.4) is 0 Å². The van der Waals surface area contributed by atoms with E-state index in [4.69, 9.17) is 9.47 Å². The van der Waals surface area contributed by atoms with Crippen LogP contribution in [0.5, 0.6) is 0 Å². The molecule has 20 heavy (non-hydrogen) atoms. The molecule has 2 rings (SSSR count). The fourth-order valence-electron chi connectivity index (χ4n) is 1.80. The highest BCUT2D eigenvalue weighted by molar-refractivity contribution is 7.21.